The molecule has 0 saturated heterocycles. The SMILES string of the molecule is CN(CC/C(N)=N/O)C(=O)c1ccc(Cl)c(Br)c1. The third-order valence-electron chi connectivity index (χ3n) is 2.35. The Kier molecular flexibility index (Phi) is 5.43. The van der Waals surface area contributed by atoms with Crippen LogP contribution in [-0.4, -0.2) is 35.4 Å². The van der Waals surface area contributed by atoms with Gasteiger partial charge in [-0.25, -0.2) is 0 Å². The standard InChI is InChI=1S/C11H13BrClN3O2/c1-16(5-4-10(14)15-18)11(17)7-2-3-9(13)8(12)6-7/h2-3,6,18H,4-5H2,1H3,(H2,14,15). The lowest BCUT2D eigenvalue weighted by atomic mass is 10.2. The molecule has 1 aromatic carbocycles. The first-order valence-corrected chi connectivity index (χ1v) is 6.29. The van der Waals surface area contributed by atoms with E-state index < -0.39 is 0 Å². The van der Waals surface area contributed by atoms with Crippen molar-refractivity contribution < 1.29 is 10.0 Å². The summed E-state index contributed by atoms with van der Waals surface area (Å²) in [5.74, 6) is -0.0648. The van der Waals surface area contributed by atoms with Gasteiger partial charge in [-0.15, -0.1) is 0 Å². The monoisotopic (exact) mass is 333 g/mol. The van der Waals surface area contributed by atoms with Gasteiger partial charge in [0.2, 0.25) is 0 Å². The maximum Gasteiger partial charge on any atom is 0.253 e. The van der Waals surface area contributed by atoms with Crippen LogP contribution in [0.1, 0.15) is 16.8 Å². The van der Waals surface area contributed by atoms with Gasteiger partial charge >= 0.3 is 0 Å². The Morgan fingerprint density at radius 1 is 1.61 bits per heavy atom. The molecule has 0 saturated carbocycles. The van der Waals surface area contributed by atoms with E-state index >= 15 is 0 Å². The van der Waals surface area contributed by atoms with E-state index in [4.69, 9.17) is 22.5 Å². The highest BCUT2D eigenvalue weighted by Gasteiger charge is 2.13. The van der Waals surface area contributed by atoms with Gasteiger partial charge in [0.05, 0.1) is 5.02 Å². The Balaban J connectivity index is 2.71. The van der Waals surface area contributed by atoms with Crippen LogP contribution in [0, 0.1) is 0 Å². The molecule has 0 radical (unpaired) electrons. The molecule has 0 aliphatic carbocycles. The summed E-state index contributed by atoms with van der Waals surface area (Å²) in [4.78, 5) is 13.5. The lowest BCUT2D eigenvalue weighted by molar-refractivity contribution is 0.0798. The number of halogens is 2. The van der Waals surface area contributed by atoms with Crippen molar-refractivity contribution in [3.05, 3.63) is 33.3 Å². The van der Waals surface area contributed by atoms with Gasteiger partial charge in [-0.05, 0) is 34.1 Å². The quantitative estimate of drug-likeness (QED) is 0.384. The van der Waals surface area contributed by atoms with Crippen LogP contribution in [0.4, 0.5) is 0 Å². The molecule has 1 aromatic rings. The average molecular weight is 335 g/mol. The first-order valence-electron chi connectivity index (χ1n) is 5.12. The number of oxime groups is 1. The van der Waals surface area contributed by atoms with Crippen molar-refractivity contribution in [2.75, 3.05) is 13.6 Å². The smallest absolute Gasteiger partial charge is 0.253 e. The van der Waals surface area contributed by atoms with Gasteiger partial charge in [-0.2, -0.15) is 0 Å². The molecule has 0 unspecified atom stereocenters. The van der Waals surface area contributed by atoms with E-state index in [2.05, 4.69) is 21.1 Å². The number of rotatable bonds is 4. The number of hydrogen-bond acceptors (Lipinski definition) is 3. The largest absolute Gasteiger partial charge is 0.409 e. The number of hydrogen-bond donors (Lipinski definition) is 2. The Morgan fingerprint density at radius 2 is 2.28 bits per heavy atom. The summed E-state index contributed by atoms with van der Waals surface area (Å²) in [6, 6.07) is 4.95. The zero-order chi connectivity index (χ0) is 13.7. The lowest BCUT2D eigenvalue weighted by Crippen LogP contribution is -2.30. The van der Waals surface area contributed by atoms with Crippen LogP contribution in [0.5, 0.6) is 0 Å². The second-order valence-electron chi connectivity index (χ2n) is 3.70. The molecule has 0 atom stereocenters. The van der Waals surface area contributed by atoms with E-state index in [1.807, 2.05) is 0 Å². The maximum absolute atomic E-state index is 12.0. The van der Waals surface area contributed by atoms with Crippen LogP contribution in [0.2, 0.25) is 5.02 Å². The zero-order valence-electron chi connectivity index (χ0n) is 9.73. The summed E-state index contributed by atoms with van der Waals surface area (Å²) >= 11 is 9.12. The number of nitrogens with zero attached hydrogens (tertiary/aromatic N) is 2. The average Bonchev–Trinajstić information content (AvgIpc) is 2.37. The molecule has 0 spiro atoms. The number of carbonyl (C=O) groups excluding carboxylic acids is 1. The zero-order valence-corrected chi connectivity index (χ0v) is 12.1. The summed E-state index contributed by atoms with van der Waals surface area (Å²) < 4.78 is 0.667. The van der Waals surface area contributed by atoms with Crippen molar-refractivity contribution in [1.29, 1.82) is 0 Å². The number of benzene rings is 1. The van der Waals surface area contributed by atoms with Crippen molar-refractivity contribution >= 4 is 39.3 Å². The fourth-order valence-corrected chi connectivity index (χ4v) is 1.78. The van der Waals surface area contributed by atoms with Crippen molar-refractivity contribution in [3.63, 3.8) is 0 Å². The molecule has 0 aliphatic heterocycles. The second-order valence-corrected chi connectivity index (χ2v) is 4.96. The van der Waals surface area contributed by atoms with Crippen LogP contribution in [0.15, 0.2) is 27.8 Å². The van der Waals surface area contributed by atoms with Gasteiger partial charge in [-0.1, -0.05) is 16.8 Å². The van der Waals surface area contributed by atoms with E-state index in [0.717, 1.165) is 0 Å². The summed E-state index contributed by atoms with van der Waals surface area (Å²) in [5, 5.41) is 11.8. The number of amides is 1. The van der Waals surface area contributed by atoms with E-state index in [-0.39, 0.29) is 11.7 Å². The first-order chi connectivity index (χ1) is 8.45. The molecule has 98 valence electrons. The predicted molar refractivity (Wildman–Crippen MR) is 74.1 cm³/mol. The fourth-order valence-electron chi connectivity index (χ4n) is 1.28. The predicted octanol–water partition coefficient (Wildman–Crippen LogP) is 2.31. The van der Waals surface area contributed by atoms with Crippen molar-refractivity contribution in [1.82, 2.24) is 4.90 Å². The minimum absolute atomic E-state index is 0.0898. The molecule has 0 fully saturated rings. The Labute approximate surface area is 118 Å². The van der Waals surface area contributed by atoms with E-state index in [0.29, 0.717) is 28.0 Å². The minimum atomic E-state index is -0.155. The third-order valence-corrected chi connectivity index (χ3v) is 3.56. The number of amidine groups is 1. The van der Waals surface area contributed by atoms with E-state index in [1.54, 1.807) is 25.2 Å². The Morgan fingerprint density at radius 3 is 2.83 bits per heavy atom. The normalized spacial score (nSPS) is 11.4. The van der Waals surface area contributed by atoms with Crippen LogP contribution in [-0.2, 0) is 0 Å². The summed E-state index contributed by atoms with van der Waals surface area (Å²) in [7, 11) is 1.65. The molecule has 0 heterocycles. The third kappa shape index (κ3) is 3.89. The molecule has 18 heavy (non-hydrogen) atoms. The molecule has 1 amide bonds. The summed E-state index contributed by atoms with van der Waals surface area (Å²) in [6.07, 6.45) is 0.313. The van der Waals surface area contributed by atoms with E-state index in [9.17, 15) is 4.79 Å². The summed E-state index contributed by atoms with van der Waals surface area (Å²) in [6.45, 7) is 0.370. The molecular formula is C11H13BrClN3O2. The topological polar surface area (TPSA) is 78.9 Å². The Bertz CT molecular complexity index is 479. The maximum atomic E-state index is 12.0. The van der Waals surface area contributed by atoms with Crippen molar-refractivity contribution in [2.45, 2.75) is 6.42 Å². The van der Waals surface area contributed by atoms with Gasteiger partial charge in [0.25, 0.3) is 5.91 Å². The molecule has 5 nitrogen and oxygen atoms in total. The minimum Gasteiger partial charge on any atom is -0.409 e. The van der Waals surface area contributed by atoms with Crippen LogP contribution >= 0.6 is 27.5 Å². The highest BCUT2D eigenvalue weighted by Crippen LogP contribution is 2.23. The second kappa shape index (κ2) is 6.61. The molecule has 3 N–H and O–H groups in total. The van der Waals surface area contributed by atoms with Crippen molar-refractivity contribution in [3.8, 4) is 0 Å². The van der Waals surface area contributed by atoms with Crippen LogP contribution < -0.4 is 5.73 Å². The highest BCUT2D eigenvalue weighted by atomic mass is 79.9. The lowest BCUT2D eigenvalue weighted by Gasteiger charge is -2.17. The fraction of sp³-hybridized carbons (Fsp3) is 0.273. The van der Waals surface area contributed by atoms with Gasteiger partial charge in [0, 0.05) is 30.0 Å². The van der Waals surface area contributed by atoms with Gasteiger partial charge < -0.3 is 15.8 Å². The highest BCUT2D eigenvalue weighted by molar-refractivity contribution is 9.10. The van der Waals surface area contributed by atoms with Gasteiger partial charge in [0.15, 0.2) is 0 Å². The molecular weight excluding hydrogens is 321 g/mol. The molecule has 0 bridgehead atoms. The molecule has 7 heteroatoms. The first kappa shape index (κ1) is 14.8. The Hall–Kier alpha value is -1.27. The van der Waals surface area contributed by atoms with E-state index in [1.165, 1.54) is 4.90 Å². The molecule has 0 aliphatic rings. The van der Waals surface area contributed by atoms with Crippen molar-refractivity contribution in [2.24, 2.45) is 10.9 Å². The number of nitrogens with two attached hydrogens (primary N) is 1. The van der Waals surface area contributed by atoms with Crippen LogP contribution in [0.25, 0.3) is 0 Å². The van der Waals surface area contributed by atoms with Gasteiger partial charge in [0.1, 0.15) is 5.84 Å². The van der Waals surface area contributed by atoms with Gasteiger partial charge in [-0.3, -0.25) is 4.79 Å². The molecule has 1 rings (SSSR count). The van der Waals surface area contributed by atoms with Crippen LogP contribution in [0.3, 0.4) is 0 Å². The molecule has 0 aromatic heterocycles. The summed E-state index contributed by atoms with van der Waals surface area (Å²) in [5.41, 5.74) is 5.86. The number of carbonyl (C=O) groups is 1.